The van der Waals surface area contributed by atoms with Gasteiger partial charge in [0.2, 0.25) is 0 Å². The summed E-state index contributed by atoms with van der Waals surface area (Å²) >= 11 is 0. The molecule has 0 atom stereocenters. The molecule has 0 heterocycles. The van der Waals surface area contributed by atoms with Crippen molar-refractivity contribution in [2.75, 3.05) is 0 Å². The number of fused-ring (bicyclic) bond motifs is 10. The second-order valence-corrected chi connectivity index (χ2v) is 11.7. The van der Waals surface area contributed by atoms with E-state index in [-0.39, 0.29) is 5.41 Å². The first kappa shape index (κ1) is 28.3. The molecule has 0 aliphatic heterocycles. The summed E-state index contributed by atoms with van der Waals surface area (Å²) in [6.45, 7) is 9.67. The monoisotopic (exact) mass is 576 g/mol. The van der Waals surface area contributed by atoms with Crippen LogP contribution in [-0.2, 0) is 11.8 Å². The molecule has 8 rings (SSSR count). The summed E-state index contributed by atoms with van der Waals surface area (Å²) in [6, 6.07) is 53.1. The van der Waals surface area contributed by atoms with Crippen molar-refractivity contribution >= 4 is 5.57 Å². The zero-order valence-corrected chi connectivity index (χ0v) is 25.7. The molecule has 0 fully saturated rings. The van der Waals surface area contributed by atoms with Gasteiger partial charge in [0.25, 0.3) is 0 Å². The van der Waals surface area contributed by atoms with Gasteiger partial charge in [-0.25, -0.2) is 0 Å². The minimum atomic E-state index is -0.262. The molecule has 0 amide bonds. The van der Waals surface area contributed by atoms with Gasteiger partial charge in [0, 0.05) is 0 Å². The molecule has 45 heavy (non-hydrogen) atoms. The van der Waals surface area contributed by atoms with Gasteiger partial charge >= 0.3 is 0 Å². The molecule has 0 bridgehead atoms. The fraction of sp³-hybridized carbons (Fsp3) is 0.0667. The van der Waals surface area contributed by atoms with Crippen molar-refractivity contribution in [3.63, 3.8) is 0 Å². The average molecular weight is 577 g/mol. The van der Waals surface area contributed by atoms with E-state index in [2.05, 4.69) is 147 Å². The number of hydrogen-bond acceptors (Lipinski definition) is 0. The van der Waals surface area contributed by atoms with Gasteiger partial charge in [0.15, 0.2) is 0 Å². The van der Waals surface area contributed by atoms with Crippen molar-refractivity contribution in [1.29, 1.82) is 0 Å². The van der Waals surface area contributed by atoms with E-state index in [1.54, 1.807) is 0 Å². The highest BCUT2D eigenvalue weighted by Gasteiger charge is 2.51. The third-order valence-electron chi connectivity index (χ3n) is 9.28. The second kappa shape index (κ2) is 11.9. The molecule has 1 spiro atoms. The van der Waals surface area contributed by atoms with E-state index in [9.17, 15) is 0 Å². The van der Waals surface area contributed by atoms with E-state index >= 15 is 0 Å². The minimum Gasteiger partial charge on any atom is -0.103 e. The topological polar surface area (TPSA) is 0 Å². The second-order valence-electron chi connectivity index (χ2n) is 11.7. The van der Waals surface area contributed by atoms with E-state index in [1.165, 1.54) is 72.3 Å². The molecule has 0 heteroatoms. The summed E-state index contributed by atoms with van der Waals surface area (Å²) in [4.78, 5) is 0. The molecular formula is C45H36. The first-order valence-electron chi connectivity index (χ1n) is 15.7. The molecule has 0 saturated heterocycles. The van der Waals surface area contributed by atoms with Gasteiger partial charge in [-0.3, -0.25) is 0 Å². The van der Waals surface area contributed by atoms with Crippen LogP contribution in [0, 0.1) is 0 Å². The molecule has 6 aromatic carbocycles. The van der Waals surface area contributed by atoms with Crippen LogP contribution in [0.25, 0.3) is 39.0 Å². The van der Waals surface area contributed by atoms with Gasteiger partial charge in [0.1, 0.15) is 0 Å². The number of hydrogen-bond donors (Lipinski definition) is 0. The lowest BCUT2D eigenvalue weighted by Crippen LogP contribution is -2.25. The number of benzene rings is 6. The molecule has 6 aromatic rings. The van der Waals surface area contributed by atoms with Crippen LogP contribution in [0.5, 0.6) is 0 Å². The van der Waals surface area contributed by atoms with Crippen LogP contribution in [0.15, 0.2) is 177 Å². The third-order valence-corrected chi connectivity index (χ3v) is 9.28. The lowest BCUT2D eigenvalue weighted by Gasteiger charge is -2.30. The first-order valence-corrected chi connectivity index (χ1v) is 15.7. The molecule has 2 aliphatic rings. The molecule has 0 radical (unpaired) electrons. The van der Waals surface area contributed by atoms with E-state index < -0.39 is 0 Å². The lowest BCUT2D eigenvalue weighted by molar-refractivity contribution is 0.794. The zero-order chi connectivity index (χ0) is 30.8. The van der Waals surface area contributed by atoms with Gasteiger partial charge in [-0.05, 0) is 91.7 Å². The van der Waals surface area contributed by atoms with Gasteiger partial charge in [0.05, 0.1) is 5.41 Å². The van der Waals surface area contributed by atoms with Crippen LogP contribution in [-0.4, -0.2) is 0 Å². The van der Waals surface area contributed by atoms with Crippen molar-refractivity contribution in [1.82, 2.24) is 0 Å². The van der Waals surface area contributed by atoms with E-state index in [4.69, 9.17) is 0 Å². The lowest BCUT2D eigenvalue weighted by atomic mass is 9.70. The molecule has 216 valence electrons. The summed E-state index contributed by atoms with van der Waals surface area (Å²) in [7, 11) is 0. The fourth-order valence-electron chi connectivity index (χ4n) is 7.36. The van der Waals surface area contributed by atoms with E-state index in [0.717, 1.165) is 6.42 Å². The quantitative estimate of drug-likeness (QED) is 0.141. The van der Waals surface area contributed by atoms with Crippen molar-refractivity contribution in [3.05, 3.63) is 210 Å². The van der Waals surface area contributed by atoms with Crippen molar-refractivity contribution in [2.24, 2.45) is 0 Å². The maximum atomic E-state index is 3.91. The van der Waals surface area contributed by atoms with E-state index in [1.807, 2.05) is 37.3 Å². The largest absolute Gasteiger partial charge is 0.103 e. The molecular weight excluding hydrogens is 540 g/mol. The molecule has 0 saturated carbocycles. The zero-order valence-electron chi connectivity index (χ0n) is 25.7. The summed E-state index contributed by atoms with van der Waals surface area (Å²) < 4.78 is 0. The maximum Gasteiger partial charge on any atom is 0.0725 e. The predicted molar refractivity (Wildman–Crippen MR) is 192 cm³/mol. The molecule has 0 nitrogen and oxygen atoms in total. The van der Waals surface area contributed by atoms with Gasteiger partial charge in [-0.1, -0.05) is 164 Å². The van der Waals surface area contributed by atoms with Crippen LogP contribution in [0.3, 0.4) is 0 Å². The van der Waals surface area contributed by atoms with Gasteiger partial charge < -0.3 is 0 Å². The van der Waals surface area contributed by atoms with Crippen molar-refractivity contribution in [3.8, 4) is 33.4 Å². The number of allylic oxidation sites excluding steroid dienone is 4. The van der Waals surface area contributed by atoms with Crippen LogP contribution < -0.4 is 0 Å². The average Bonchev–Trinajstić information content (AvgIpc) is 3.57. The predicted octanol–water partition coefficient (Wildman–Crippen LogP) is 11.7. The Hall–Kier alpha value is -5.46. The molecule has 0 N–H and O–H groups in total. The van der Waals surface area contributed by atoms with Crippen LogP contribution in [0.2, 0.25) is 0 Å². The Morgan fingerprint density at radius 1 is 0.533 bits per heavy atom. The van der Waals surface area contributed by atoms with Gasteiger partial charge in [-0.2, -0.15) is 0 Å². The Balaban J connectivity index is 0.000000252. The first-order chi connectivity index (χ1) is 22.2. The van der Waals surface area contributed by atoms with Crippen LogP contribution in [0.1, 0.15) is 40.3 Å². The van der Waals surface area contributed by atoms with Crippen LogP contribution in [0.4, 0.5) is 0 Å². The van der Waals surface area contributed by atoms with E-state index in [0.29, 0.717) is 0 Å². The molecule has 0 aromatic heterocycles. The minimum absolute atomic E-state index is 0.262. The molecule has 0 unspecified atom stereocenters. The maximum absolute atomic E-state index is 3.91. The van der Waals surface area contributed by atoms with Crippen molar-refractivity contribution in [2.45, 2.75) is 18.8 Å². The Labute approximate surface area is 267 Å². The summed E-state index contributed by atoms with van der Waals surface area (Å²) in [5, 5.41) is 0. The van der Waals surface area contributed by atoms with Crippen LogP contribution >= 0.6 is 0 Å². The Morgan fingerprint density at radius 3 is 1.64 bits per heavy atom. The van der Waals surface area contributed by atoms with Gasteiger partial charge in [-0.15, -0.1) is 6.58 Å². The highest BCUT2D eigenvalue weighted by atomic mass is 14.5. The summed E-state index contributed by atoms with van der Waals surface area (Å²) in [6.07, 6.45) is 6.78. The molecule has 2 aliphatic carbocycles. The summed E-state index contributed by atoms with van der Waals surface area (Å²) in [5.41, 5.74) is 16.9. The Morgan fingerprint density at radius 2 is 1.07 bits per heavy atom. The highest BCUT2D eigenvalue weighted by Crippen LogP contribution is 2.62. The van der Waals surface area contributed by atoms with Crippen molar-refractivity contribution < 1.29 is 0 Å². The number of rotatable bonds is 5. The highest BCUT2D eigenvalue weighted by molar-refractivity contribution is 5.96. The standard InChI is InChI=1S/C34H24.C11H12/c1-2-10-23-11-9-12-24(21-23)25-19-20-33-29(22-25)28-15-5-8-18-32(28)34(33)30-16-6-3-13-26(30)27-14-4-7-17-31(27)34;1-3-10(4-2)11-8-6-5-7-9-11/h2-9,11-22H,1,10H2;3-9H,1H2,2H3/b;10-4+. The smallest absolute Gasteiger partial charge is 0.0725 e. The SMILES string of the molecule is C=C/C(=C\C)c1ccccc1.C=CCc1cccc(-c2ccc3c(c2)-c2ccccc2C32c3ccccc3-c3ccccc32)c1. The Kier molecular flexibility index (Phi) is 7.49. The Bertz CT molecular complexity index is 2030. The fourth-order valence-corrected chi connectivity index (χ4v) is 7.36. The third kappa shape index (κ3) is 4.62. The normalized spacial score (nSPS) is 13.1. The summed E-state index contributed by atoms with van der Waals surface area (Å²) in [5.74, 6) is 0.